The molecule has 1 N–H and O–H groups in total. The summed E-state index contributed by atoms with van der Waals surface area (Å²) in [6.45, 7) is 0. The Hall–Kier alpha value is -1.33. The zero-order valence-electron chi connectivity index (χ0n) is 10.8. The number of benzene rings is 2. The van der Waals surface area contributed by atoms with E-state index in [4.69, 9.17) is 0 Å². The zero-order chi connectivity index (χ0) is 14.7. The lowest BCUT2D eigenvalue weighted by Crippen LogP contribution is -2.19. The molecule has 0 radical (unpaired) electrons. The minimum absolute atomic E-state index is 0.233. The van der Waals surface area contributed by atoms with Gasteiger partial charge in [0.2, 0.25) is 0 Å². The molecule has 0 spiro atoms. The fourth-order valence-corrected chi connectivity index (χ4v) is 2.47. The van der Waals surface area contributed by atoms with Gasteiger partial charge in [-0.15, -0.1) is 0 Å². The molecule has 0 heterocycles. The number of rotatable bonds is 4. The van der Waals surface area contributed by atoms with Crippen LogP contribution in [-0.2, 0) is 6.42 Å². The van der Waals surface area contributed by atoms with Crippen molar-refractivity contribution in [3.05, 3.63) is 69.4 Å². The first-order valence-electron chi connectivity index (χ1n) is 6.08. The smallest absolute Gasteiger partial charge is 0.159 e. The average molecular weight is 344 g/mol. The van der Waals surface area contributed by atoms with Crippen molar-refractivity contribution < 1.29 is 13.2 Å². The summed E-state index contributed by atoms with van der Waals surface area (Å²) in [5.74, 6) is -2.11. The van der Waals surface area contributed by atoms with E-state index >= 15 is 0 Å². The van der Waals surface area contributed by atoms with Crippen LogP contribution in [0.1, 0.15) is 17.2 Å². The Morgan fingerprint density at radius 2 is 1.80 bits per heavy atom. The Labute approximate surface area is 123 Å². The molecule has 2 aromatic carbocycles. The molecule has 0 saturated heterocycles. The molecule has 1 atom stereocenters. The number of halogens is 4. The molecule has 2 aromatic rings. The van der Waals surface area contributed by atoms with Gasteiger partial charge in [0, 0.05) is 6.04 Å². The monoisotopic (exact) mass is 343 g/mol. The fraction of sp³-hybridized carbons (Fsp3) is 0.200. The van der Waals surface area contributed by atoms with E-state index in [0.717, 1.165) is 17.7 Å². The second-order valence-corrected chi connectivity index (χ2v) is 5.22. The van der Waals surface area contributed by atoms with Gasteiger partial charge in [0.15, 0.2) is 11.6 Å². The van der Waals surface area contributed by atoms with Gasteiger partial charge in [-0.05, 0) is 58.7 Å². The minimum Gasteiger partial charge on any atom is -0.313 e. The molecule has 1 nitrogen and oxygen atoms in total. The van der Waals surface area contributed by atoms with Gasteiger partial charge < -0.3 is 5.32 Å². The Balaban J connectivity index is 2.28. The second-order valence-electron chi connectivity index (χ2n) is 4.43. The third-order valence-electron chi connectivity index (χ3n) is 3.15. The first-order chi connectivity index (χ1) is 9.52. The third kappa shape index (κ3) is 3.22. The van der Waals surface area contributed by atoms with Crippen LogP contribution >= 0.6 is 15.9 Å². The Morgan fingerprint density at radius 3 is 2.45 bits per heavy atom. The topological polar surface area (TPSA) is 12.0 Å². The minimum atomic E-state index is -0.888. The van der Waals surface area contributed by atoms with Gasteiger partial charge in [-0.1, -0.05) is 18.2 Å². The summed E-state index contributed by atoms with van der Waals surface area (Å²) in [6.07, 6.45) is 0.458. The normalized spacial score (nSPS) is 12.4. The van der Waals surface area contributed by atoms with Crippen LogP contribution in [0.25, 0.3) is 0 Å². The summed E-state index contributed by atoms with van der Waals surface area (Å²) in [4.78, 5) is 0. The molecule has 0 aromatic heterocycles. The summed E-state index contributed by atoms with van der Waals surface area (Å²) in [5.41, 5.74) is 1.37. The molecule has 0 aliphatic carbocycles. The van der Waals surface area contributed by atoms with Gasteiger partial charge >= 0.3 is 0 Å². The van der Waals surface area contributed by atoms with Crippen LogP contribution in [0.2, 0.25) is 0 Å². The van der Waals surface area contributed by atoms with E-state index < -0.39 is 11.6 Å². The highest BCUT2D eigenvalue weighted by Gasteiger charge is 2.15. The maximum absolute atomic E-state index is 13.5. The Bertz CT molecular complexity index is 616. The molecule has 1 unspecified atom stereocenters. The van der Waals surface area contributed by atoms with Crippen molar-refractivity contribution in [2.24, 2.45) is 0 Å². The van der Waals surface area contributed by atoms with E-state index in [1.165, 1.54) is 12.1 Å². The molecule has 0 fully saturated rings. The van der Waals surface area contributed by atoms with Gasteiger partial charge in [-0.2, -0.15) is 0 Å². The molecular formula is C15H13BrF3N. The van der Waals surface area contributed by atoms with Gasteiger partial charge in [-0.25, -0.2) is 13.2 Å². The highest BCUT2D eigenvalue weighted by atomic mass is 79.9. The van der Waals surface area contributed by atoms with Crippen LogP contribution in [0.3, 0.4) is 0 Å². The van der Waals surface area contributed by atoms with Crippen LogP contribution < -0.4 is 5.32 Å². The van der Waals surface area contributed by atoms with Crippen LogP contribution in [0.15, 0.2) is 40.9 Å². The molecule has 5 heteroatoms. The summed E-state index contributed by atoms with van der Waals surface area (Å²) in [6, 6.07) is 8.30. The number of likely N-dealkylation sites (N-methyl/N-ethyl adjacent to an activating group) is 1. The van der Waals surface area contributed by atoms with Crippen molar-refractivity contribution in [1.29, 1.82) is 0 Å². The number of hydrogen-bond acceptors (Lipinski definition) is 1. The first-order valence-corrected chi connectivity index (χ1v) is 6.87. The zero-order valence-corrected chi connectivity index (χ0v) is 12.3. The molecule has 0 saturated carbocycles. The van der Waals surface area contributed by atoms with Crippen molar-refractivity contribution in [3.8, 4) is 0 Å². The molecule has 2 rings (SSSR count). The first kappa shape index (κ1) is 15.1. The SMILES string of the molecule is CNC(Cc1cccc(F)c1Br)c1ccc(F)c(F)c1. The predicted molar refractivity (Wildman–Crippen MR) is 76.0 cm³/mol. The number of nitrogens with one attached hydrogen (secondary N) is 1. The molecular weight excluding hydrogens is 331 g/mol. The van der Waals surface area contributed by atoms with Crippen molar-refractivity contribution in [3.63, 3.8) is 0 Å². The van der Waals surface area contributed by atoms with Crippen molar-refractivity contribution in [2.45, 2.75) is 12.5 Å². The Kier molecular flexibility index (Phi) is 4.83. The molecule has 106 valence electrons. The van der Waals surface area contributed by atoms with E-state index in [1.807, 2.05) is 0 Å². The van der Waals surface area contributed by atoms with Gasteiger partial charge in [0.25, 0.3) is 0 Å². The van der Waals surface area contributed by atoms with Crippen LogP contribution in [0, 0.1) is 17.5 Å². The Morgan fingerprint density at radius 1 is 1.05 bits per heavy atom. The molecule has 20 heavy (non-hydrogen) atoms. The third-order valence-corrected chi connectivity index (χ3v) is 4.04. The molecule has 0 aliphatic heterocycles. The summed E-state index contributed by atoms with van der Waals surface area (Å²) in [7, 11) is 1.72. The van der Waals surface area contributed by atoms with E-state index in [2.05, 4.69) is 21.2 Å². The summed E-state index contributed by atoms with van der Waals surface area (Å²) < 4.78 is 40.1. The average Bonchev–Trinajstić information content (AvgIpc) is 2.44. The van der Waals surface area contributed by atoms with Crippen LogP contribution in [0.5, 0.6) is 0 Å². The fourth-order valence-electron chi connectivity index (χ4n) is 2.04. The van der Waals surface area contributed by atoms with Crippen LogP contribution in [-0.4, -0.2) is 7.05 Å². The highest BCUT2D eigenvalue weighted by Crippen LogP contribution is 2.26. The summed E-state index contributed by atoms with van der Waals surface area (Å²) >= 11 is 3.20. The van der Waals surface area contributed by atoms with E-state index in [9.17, 15) is 13.2 Å². The molecule has 0 aliphatic rings. The number of hydrogen-bond donors (Lipinski definition) is 1. The maximum atomic E-state index is 13.5. The highest BCUT2D eigenvalue weighted by molar-refractivity contribution is 9.10. The quantitative estimate of drug-likeness (QED) is 0.869. The molecule has 0 amide bonds. The van der Waals surface area contributed by atoms with Gasteiger partial charge in [-0.3, -0.25) is 0 Å². The predicted octanol–water partition coefficient (Wildman–Crippen LogP) is 4.37. The lowest BCUT2D eigenvalue weighted by atomic mass is 9.99. The van der Waals surface area contributed by atoms with E-state index in [0.29, 0.717) is 16.5 Å². The largest absolute Gasteiger partial charge is 0.313 e. The van der Waals surface area contributed by atoms with Crippen molar-refractivity contribution in [1.82, 2.24) is 5.32 Å². The lowest BCUT2D eigenvalue weighted by molar-refractivity contribution is 0.501. The van der Waals surface area contributed by atoms with E-state index in [1.54, 1.807) is 19.2 Å². The van der Waals surface area contributed by atoms with Gasteiger partial charge in [0.05, 0.1) is 4.47 Å². The standard InChI is InChI=1S/C15H13BrF3N/c1-20-14(9-5-6-11(17)13(19)7-9)8-10-3-2-4-12(18)15(10)16/h2-7,14,20H,8H2,1H3. The van der Waals surface area contributed by atoms with Crippen molar-refractivity contribution in [2.75, 3.05) is 7.05 Å². The maximum Gasteiger partial charge on any atom is 0.159 e. The summed E-state index contributed by atoms with van der Waals surface area (Å²) in [5, 5.41) is 3.03. The lowest BCUT2D eigenvalue weighted by Gasteiger charge is -2.18. The van der Waals surface area contributed by atoms with Crippen molar-refractivity contribution >= 4 is 15.9 Å². The second kappa shape index (κ2) is 6.41. The van der Waals surface area contributed by atoms with Crippen LogP contribution in [0.4, 0.5) is 13.2 Å². The van der Waals surface area contributed by atoms with Gasteiger partial charge in [0.1, 0.15) is 5.82 Å². The van der Waals surface area contributed by atoms with E-state index in [-0.39, 0.29) is 11.9 Å². The molecule has 0 bridgehead atoms.